The van der Waals surface area contributed by atoms with E-state index in [1.165, 1.54) is 0 Å². The number of hydrogen-bond acceptors (Lipinski definition) is 4. The molecular weight excluding hydrogens is 276 g/mol. The van der Waals surface area contributed by atoms with Crippen molar-refractivity contribution in [3.05, 3.63) is 23.8 Å². The maximum absolute atomic E-state index is 12.1. The quantitative estimate of drug-likeness (QED) is 0.845. The maximum Gasteiger partial charge on any atom is 0.235 e. The lowest BCUT2D eigenvalue weighted by Crippen LogP contribution is -2.23. The van der Waals surface area contributed by atoms with Crippen LogP contribution >= 0.6 is 0 Å². The van der Waals surface area contributed by atoms with Crippen LogP contribution in [-0.2, 0) is 21.2 Å². The number of benzene rings is 1. The van der Waals surface area contributed by atoms with Gasteiger partial charge in [-0.2, -0.15) is 0 Å². The Balaban J connectivity index is 2.05. The zero-order valence-corrected chi connectivity index (χ0v) is 12.8. The molecule has 0 unspecified atom stereocenters. The van der Waals surface area contributed by atoms with Gasteiger partial charge in [0.25, 0.3) is 0 Å². The minimum absolute atomic E-state index is 0.0255. The molecule has 112 valence electrons. The smallest absolute Gasteiger partial charge is 0.235 e. The highest BCUT2D eigenvalue weighted by Gasteiger charge is 2.17. The predicted octanol–water partition coefficient (Wildman–Crippen LogP) is 2.21. The first-order chi connectivity index (χ1) is 9.48. The molecular formula is C14H22N2O3S. The summed E-state index contributed by atoms with van der Waals surface area (Å²) in [6.07, 6.45) is 1.95. The molecule has 1 aliphatic rings. The second-order valence-corrected chi connectivity index (χ2v) is 7.04. The van der Waals surface area contributed by atoms with Crippen molar-refractivity contribution in [2.75, 3.05) is 28.9 Å². The first kappa shape index (κ1) is 15.1. The van der Waals surface area contributed by atoms with E-state index in [0.29, 0.717) is 5.69 Å². The van der Waals surface area contributed by atoms with Gasteiger partial charge in [-0.05, 0) is 44.4 Å². The zero-order chi connectivity index (χ0) is 14.6. The molecule has 20 heavy (non-hydrogen) atoms. The molecule has 0 saturated heterocycles. The zero-order valence-electron chi connectivity index (χ0n) is 12.0. The summed E-state index contributed by atoms with van der Waals surface area (Å²) in [5, 5.41) is 3.29. The van der Waals surface area contributed by atoms with Gasteiger partial charge in [-0.25, -0.2) is 8.42 Å². The van der Waals surface area contributed by atoms with Crippen molar-refractivity contribution >= 4 is 21.4 Å². The average molecular weight is 298 g/mol. The van der Waals surface area contributed by atoms with Gasteiger partial charge < -0.3 is 10.1 Å². The molecule has 0 amide bonds. The summed E-state index contributed by atoms with van der Waals surface area (Å²) in [6.45, 7) is 4.92. The summed E-state index contributed by atoms with van der Waals surface area (Å²) < 4.78 is 32.1. The molecule has 1 aromatic rings. The van der Waals surface area contributed by atoms with Crippen molar-refractivity contribution in [3.63, 3.8) is 0 Å². The summed E-state index contributed by atoms with van der Waals surface area (Å²) >= 11 is 0. The van der Waals surface area contributed by atoms with Crippen LogP contribution < -0.4 is 10.0 Å². The Labute approximate surface area is 120 Å². The maximum atomic E-state index is 12.1. The van der Waals surface area contributed by atoms with Crippen LogP contribution in [0, 0.1) is 0 Å². The highest BCUT2D eigenvalue weighted by atomic mass is 32.2. The van der Waals surface area contributed by atoms with Crippen molar-refractivity contribution in [1.82, 2.24) is 0 Å². The number of fused-ring (bicyclic) bond motifs is 1. The van der Waals surface area contributed by atoms with Crippen molar-refractivity contribution in [3.8, 4) is 0 Å². The molecule has 0 fully saturated rings. The monoisotopic (exact) mass is 298 g/mol. The minimum atomic E-state index is -3.37. The van der Waals surface area contributed by atoms with Crippen LogP contribution in [0.1, 0.15) is 25.8 Å². The van der Waals surface area contributed by atoms with Gasteiger partial charge in [-0.15, -0.1) is 0 Å². The SMILES string of the molecule is CC(C)OCCS(=O)(=O)Nc1cccc2c1CCCN2. The van der Waals surface area contributed by atoms with Crippen LogP contribution in [-0.4, -0.2) is 33.4 Å². The summed E-state index contributed by atoms with van der Waals surface area (Å²) in [5.41, 5.74) is 2.75. The lowest BCUT2D eigenvalue weighted by atomic mass is 10.0. The minimum Gasteiger partial charge on any atom is -0.385 e. The molecule has 5 nitrogen and oxygen atoms in total. The largest absolute Gasteiger partial charge is 0.385 e. The van der Waals surface area contributed by atoms with Gasteiger partial charge in [0, 0.05) is 12.2 Å². The van der Waals surface area contributed by atoms with Crippen molar-refractivity contribution in [2.24, 2.45) is 0 Å². The molecule has 0 radical (unpaired) electrons. The van der Waals surface area contributed by atoms with Crippen LogP contribution in [0.25, 0.3) is 0 Å². The molecule has 0 saturated carbocycles. The number of nitrogens with one attached hydrogen (secondary N) is 2. The third kappa shape index (κ3) is 4.11. The Kier molecular flexibility index (Phi) is 4.88. The van der Waals surface area contributed by atoms with Crippen molar-refractivity contribution in [1.29, 1.82) is 0 Å². The number of rotatable bonds is 6. The fourth-order valence-corrected chi connectivity index (χ4v) is 3.16. The fraction of sp³-hybridized carbons (Fsp3) is 0.571. The number of hydrogen-bond donors (Lipinski definition) is 2. The second kappa shape index (κ2) is 6.45. The topological polar surface area (TPSA) is 67.4 Å². The van der Waals surface area contributed by atoms with Gasteiger partial charge in [0.1, 0.15) is 0 Å². The van der Waals surface area contributed by atoms with Gasteiger partial charge in [0.05, 0.1) is 24.2 Å². The van der Waals surface area contributed by atoms with E-state index in [4.69, 9.17) is 4.74 Å². The van der Waals surface area contributed by atoms with E-state index in [1.807, 2.05) is 32.0 Å². The van der Waals surface area contributed by atoms with Gasteiger partial charge in [-0.3, -0.25) is 4.72 Å². The number of ether oxygens (including phenoxy) is 1. The molecule has 2 rings (SSSR count). The van der Waals surface area contributed by atoms with E-state index in [9.17, 15) is 8.42 Å². The van der Waals surface area contributed by atoms with E-state index in [1.54, 1.807) is 0 Å². The van der Waals surface area contributed by atoms with Crippen molar-refractivity contribution < 1.29 is 13.2 Å². The van der Waals surface area contributed by atoms with E-state index in [0.717, 1.165) is 30.6 Å². The average Bonchev–Trinajstić information content (AvgIpc) is 2.38. The Hall–Kier alpha value is -1.27. The van der Waals surface area contributed by atoms with E-state index in [2.05, 4.69) is 10.0 Å². The summed E-state index contributed by atoms with van der Waals surface area (Å²) in [7, 11) is -3.37. The third-order valence-electron chi connectivity index (χ3n) is 3.16. The lowest BCUT2D eigenvalue weighted by molar-refractivity contribution is 0.0913. The molecule has 0 spiro atoms. The van der Waals surface area contributed by atoms with Gasteiger partial charge in [-0.1, -0.05) is 6.07 Å². The molecule has 0 atom stereocenters. The molecule has 1 aliphatic heterocycles. The molecule has 1 aromatic carbocycles. The van der Waals surface area contributed by atoms with Gasteiger partial charge in [0.15, 0.2) is 0 Å². The highest BCUT2D eigenvalue weighted by Crippen LogP contribution is 2.29. The molecule has 6 heteroatoms. The number of sulfonamides is 1. The molecule has 1 heterocycles. The van der Waals surface area contributed by atoms with Crippen LogP contribution in [0.5, 0.6) is 0 Å². The van der Waals surface area contributed by atoms with E-state index < -0.39 is 10.0 Å². The first-order valence-corrected chi connectivity index (χ1v) is 8.61. The number of anilines is 2. The van der Waals surface area contributed by atoms with E-state index >= 15 is 0 Å². The van der Waals surface area contributed by atoms with Crippen molar-refractivity contribution in [2.45, 2.75) is 32.8 Å². The Morgan fingerprint density at radius 3 is 2.95 bits per heavy atom. The van der Waals surface area contributed by atoms with Crippen LogP contribution in [0.15, 0.2) is 18.2 Å². The highest BCUT2D eigenvalue weighted by molar-refractivity contribution is 7.92. The Morgan fingerprint density at radius 1 is 1.40 bits per heavy atom. The second-order valence-electron chi connectivity index (χ2n) is 5.20. The molecule has 2 N–H and O–H groups in total. The predicted molar refractivity (Wildman–Crippen MR) is 81.8 cm³/mol. The molecule has 0 bridgehead atoms. The van der Waals surface area contributed by atoms with Crippen LogP contribution in [0.2, 0.25) is 0 Å². The van der Waals surface area contributed by atoms with Crippen LogP contribution in [0.4, 0.5) is 11.4 Å². The summed E-state index contributed by atoms with van der Waals surface area (Å²) in [5.74, 6) is -0.0255. The standard InChI is InChI=1S/C14H22N2O3S/c1-11(2)19-9-10-20(17,18)16-14-7-3-6-13-12(14)5-4-8-15-13/h3,6-7,11,15-16H,4-5,8-10H2,1-2H3. The molecule has 0 aromatic heterocycles. The Morgan fingerprint density at radius 2 is 2.20 bits per heavy atom. The van der Waals surface area contributed by atoms with Crippen LogP contribution in [0.3, 0.4) is 0 Å². The van der Waals surface area contributed by atoms with E-state index in [-0.39, 0.29) is 18.5 Å². The summed E-state index contributed by atoms with van der Waals surface area (Å²) in [6, 6.07) is 5.65. The van der Waals surface area contributed by atoms with Gasteiger partial charge >= 0.3 is 0 Å². The summed E-state index contributed by atoms with van der Waals surface area (Å²) in [4.78, 5) is 0. The fourth-order valence-electron chi connectivity index (χ4n) is 2.22. The third-order valence-corrected chi connectivity index (χ3v) is 4.40. The lowest BCUT2D eigenvalue weighted by Gasteiger charge is -2.21. The first-order valence-electron chi connectivity index (χ1n) is 6.96. The normalized spacial score (nSPS) is 14.8. The Bertz CT molecular complexity index is 556. The molecule has 0 aliphatic carbocycles. The van der Waals surface area contributed by atoms with Gasteiger partial charge in [0.2, 0.25) is 10.0 Å².